The fraction of sp³-hybridized carbons (Fsp3) is 0.294. The molecule has 0 unspecified atom stereocenters. The lowest BCUT2D eigenvalue weighted by Crippen LogP contribution is -2.10. The molecule has 0 aliphatic heterocycles. The van der Waals surface area contributed by atoms with Gasteiger partial charge in [0.1, 0.15) is 5.82 Å². The molecule has 0 radical (unpaired) electrons. The van der Waals surface area contributed by atoms with Gasteiger partial charge in [0.2, 0.25) is 0 Å². The van der Waals surface area contributed by atoms with Gasteiger partial charge in [-0.15, -0.1) is 0 Å². The minimum Gasteiger partial charge on any atom is -0.493 e. The zero-order chi connectivity index (χ0) is 18.6. The summed E-state index contributed by atoms with van der Waals surface area (Å²) in [5.74, 6) is 0.542. The summed E-state index contributed by atoms with van der Waals surface area (Å²) in [6.45, 7) is 0.353. The van der Waals surface area contributed by atoms with E-state index in [1.54, 1.807) is 12.1 Å². The first-order chi connectivity index (χ1) is 11.8. The fourth-order valence-corrected chi connectivity index (χ4v) is 3.56. The number of hydrogen-bond acceptors (Lipinski definition) is 5. The molecule has 0 heterocycles. The Hall–Kier alpha value is -1.99. The highest BCUT2D eigenvalue weighted by Gasteiger charge is 2.15. The molecule has 0 atom stereocenters. The molecule has 1 N–H and O–H groups in total. The maximum atomic E-state index is 13.5. The molecule has 2 aromatic rings. The SMILES string of the molecule is COc1cc(Cl)cc(CCNc2cc(F)ccc2S(C)(=O)=O)c1OC. The lowest BCUT2D eigenvalue weighted by atomic mass is 10.1. The molecule has 0 saturated heterocycles. The van der Waals surface area contributed by atoms with E-state index in [1.165, 1.54) is 20.3 Å². The number of anilines is 1. The number of hydrogen-bond donors (Lipinski definition) is 1. The summed E-state index contributed by atoms with van der Waals surface area (Å²) in [6, 6.07) is 6.91. The Morgan fingerprint density at radius 3 is 2.48 bits per heavy atom. The highest BCUT2D eigenvalue weighted by atomic mass is 35.5. The van der Waals surface area contributed by atoms with Crippen molar-refractivity contribution in [2.75, 3.05) is 32.3 Å². The van der Waals surface area contributed by atoms with E-state index in [1.807, 2.05) is 0 Å². The molecule has 0 aromatic heterocycles. The van der Waals surface area contributed by atoms with Crippen LogP contribution in [0.2, 0.25) is 5.02 Å². The number of rotatable bonds is 7. The molecular formula is C17H19ClFNO4S. The summed E-state index contributed by atoms with van der Waals surface area (Å²) in [7, 11) is -0.430. The molecule has 8 heteroatoms. The van der Waals surface area contributed by atoms with Crippen LogP contribution in [-0.2, 0) is 16.3 Å². The number of halogens is 2. The van der Waals surface area contributed by atoms with Crippen LogP contribution < -0.4 is 14.8 Å². The molecule has 0 bridgehead atoms. The summed E-state index contributed by atoms with van der Waals surface area (Å²) < 4.78 is 47.7. The Morgan fingerprint density at radius 2 is 1.88 bits per heavy atom. The number of sulfone groups is 1. The van der Waals surface area contributed by atoms with Crippen LogP contribution >= 0.6 is 11.6 Å². The lowest BCUT2D eigenvalue weighted by Gasteiger charge is -2.15. The molecule has 0 fully saturated rings. The summed E-state index contributed by atoms with van der Waals surface area (Å²) in [6.07, 6.45) is 1.55. The number of nitrogens with one attached hydrogen (secondary N) is 1. The number of methoxy groups -OCH3 is 2. The van der Waals surface area contributed by atoms with Gasteiger partial charge in [-0.3, -0.25) is 0 Å². The minimum atomic E-state index is -3.47. The number of benzene rings is 2. The van der Waals surface area contributed by atoms with Gasteiger partial charge in [-0.2, -0.15) is 0 Å². The van der Waals surface area contributed by atoms with Gasteiger partial charge in [-0.1, -0.05) is 11.6 Å². The Bertz CT molecular complexity index is 871. The Labute approximate surface area is 151 Å². The molecule has 0 amide bonds. The van der Waals surface area contributed by atoms with Gasteiger partial charge in [0.05, 0.1) is 24.8 Å². The van der Waals surface area contributed by atoms with Crippen LogP contribution in [-0.4, -0.2) is 35.4 Å². The summed E-state index contributed by atoms with van der Waals surface area (Å²) in [4.78, 5) is 0.0459. The first-order valence-electron chi connectivity index (χ1n) is 7.40. The van der Waals surface area contributed by atoms with E-state index < -0.39 is 15.7 Å². The van der Waals surface area contributed by atoms with Crippen LogP contribution in [0.4, 0.5) is 10.1 Å². The minimum absolute atomic E-state index is 0.0459. The van der Waals surface area contributed by atoms with Crippen molar-refractivity contribution in [1.29, 1.82) is 0 Å². The lowest BCUT2D eigenvalue weighted by molar-refractivity contribution is 0.352. The molecule has 0 spiro atoms. The smallest absolute Gasteiger partial charge is 0.177 e. The van der Waals surface area contributed by atoms with E-state index in [4.69, 9.17) is 21.1 Å². The molecule has 0 saturated carbocycles. The van der Waals surface area contributed by atoms with E-state index in [-0.39, 0.29) is 10.6 Å². The monoisotopic (exact) mass is 387 g/mol. The molecular weight excluding hydrogens is 369 g/mol. The first-order valence-corrected chi connectivity index (χ1v) is 9.67. The van der Waals surface area contributed by atoms with Crippen LogP contribution in [0.15, 0.2) is 35.2 Å². The van der Waals surface area contributed by atoms with Gasteiger partial charge in [-0.05, 0) is 30.7 Å². The maximum absolute atomic E-state index is 13.5. The first kappa shape index (κ1) is 19.3. The summed E-state index contributed by atoms with van der Waals surface area (Å²) in [5.41, 5.74) is 1.01. The van der Waals surface area contributed by atoms with Gasteiger partial charge in [0, 0.05) is 29.5 Å². The second-order valence-electron chi connectivity index (χ2n) is 5.39. The van der Waals surface area contributed by atoms with Crippen molar-refractivity contribution >= 4 is 27.1 Å². The Balaban J connectivity index is 2.22. The predicted octanol–water partition coefficient (Wildman–Crippen LogP) is 3.55. The third kappa shape index (κ3) is 4.76. The standard InChI is InChI=1S/C17H19ClFNO4S/c1-23-15-9-12(18)8-11(17(15)24-2)6-7-20-14-10-13(19)4-5-16(14)25(3,21)22/h4-5,8-10,20H,6-7H2,1-3H3. The fourth-order valence-electron chi connectivity index (χ4n) is 2.49. The zero-order valence-electron chi connectivity index (χ0n) is 14.1. The van der Waals surface area contributed by atoms with Gasteiger partial charge in [0.25, 0.3) is 0 Å². The van der Waals surface area contributed by atoms with E-state index in [2.05, 4.69) is 5.32 Å². The highest BCUT2D eigenvalue weighted by molar-refractivity contribution is 7.90. The zero-order valence-corrected chi connectivity index (χ0v) is 15.7. The maximum Gasteiger partial charge on any atom is 0.177 e. The second kappa shape index (κ2) is 7.93. The average Bonchev–Trinajstić information content (AvgIpc) is 2.53. The molecule has 136 valence electrons. The van der Waals surface area contributed by atoms with Crippen LogP contribution in [0.3, 0.4) is 0 Å². The third-order valence-corrected chi connectivity index (χ3v) is 4.94. The van der Waals surface area contributed by atoms with E-state index in [0.29, 0.717) is 29.5 Å². The summed E-state index contributed by atoms with van der Waals surface area (Å²) in [5, 5.41) is 3.45. The van der Waals surface area contributed by atoms with Crippen molar-refractivity contribution in [3.8, 4) is 11.5 Å². The van der Waals surface area contributed by atoms with Crippen LogP contribution in [0.1, 0.15) is 5.56 Å². The van der Waals surface area contributed by atoms with E-state index >= 15 is 0 Å². The molecule has 0 aliphatic carbocycles. The Morgan fingerprint density at radius 1 is 1.16 bits per heavy atom. The van der Waals surface area contributed by atoms with Crippen molar-refractivity contribution in [3.63, 3.8) is 0 Å². The van der Waals surface area contributed by atoms with Crippen molar-refractivity contribution in [2.45, 2.75) is 11.3 Å². The van der Waals surface area contributed by atoms with Gasteiger partial charge in [0.15, 0.2) is 21.3 Å². The average molecular weight is 388 g/mol. The van der Waals surface area contributed by atoms with Crippen molar-refractivity contribution in [1.82, 2.24) is 0 Å². The largest absolute Gasteiger partial charge is 0.493 e. The molecule has 5 nitrogen and oxygen atoms in total. The van der Waals surface area contributed by atoms with Gasteiger partial charge >= 0.3 is 0 Å². The second-order valence-corrected chi connectivity index (χ2v) is 7.81. The third-order valence-electron chi connectivity index (χ3n) is 3.57. The van der Waals surface area contributed by atoms with Crippen LogP contribution in [0.25, 0.3) is 0 Å². The van der Waals surface area contributed by atoms with Crippen molar-refractivity contribution in [2.24, 2.45) is 0 Å². The Kier molecular flexibility index (Phi) is 6.13. The van der Waals surface area contributed by atoms with Crippen molar-refractivity contribution < 1.29 is 22.3 Å². The quantitative estimate of drug-likeness (QED) is 0.736. The van der Waals surface area contributed by atoms with Gasteiger partial charge in [-0.25, -0.2) is 12.8 Å². The van der Waals surface area contributed by atoms with Crippen LogP contribution in [0.5, 0.6) is 11.5 Å². The van der Waals surface area contributed by atoms with E-state index in [0.717, 1.165) is 24.0 Å². The summed E-state index contributed by atoms with van der Waals surface area (Å²) >= 11 is 6.07. The van der Waals surface area contributed by atoms with E-state index in [9.17, 15) is 12.8 Å². The topological polar surface area (TPSA) is 64.6 Å². The van der Waals surface area contributed by atoms with Gasteiger partial charge < -0.3 is 14.8 Å². The highest BCUT2D eigenvalue weighted by Crippen LogP contribution is 2.34. The molecule has 2 rings (SSSR count). The normalized spacial score (nSPS) is 11.2. The van der Waals surface area contributed by atoms with Crippen molar-refractivity contribution in [3.05, 3.63) is 46.7 Å². The predicted molar refractivity (Wildman–Crippen MR) is 96.3 cm³/mol. The molecule has 0 aliphatic rings. The molecule has 25 heavy (non-hydrogen) atoms. The number of ether oxygens (including phenoxy) is 2. The van der Waals surface area contributed by atoms with Crippen LogP contribution in [0, 0.1) is 5.82 Å². The molecule has 2 aromatic carbocycles.